The molecule has 2 rings (SSSR count). The molecule has 6 heteroatoms. The van der Waals surface area contributed by atoms with Crippen molar-refractivity contribution in [2.45, 2.75) is 19.9 Å². The summed E-state index contributed by atoms with van der Waals surface area (Å²) in [6.45, 7) is 2.70. The monoisotopic (exact) mass is 286 g/mol. The Morgan fingerprint density at radius 1 is 1.10 bits per heavy atom. The van der Waals surface area contributed by atoms with Crippen LogP contribution in [0.25, 0.3) is 0 Å². The van der Waals surface area contributed by atoms with Gasteiger partial charge in [0.25, 0.3) is 5.69 Å². The molecule has 0 aliphatic carbocycles. The molecular weight excluding hydrogens is 268 g/mol. The van der Waals surface area contributed by atoms with Crippen LogP contribution in [0.15, 0.2) is 42.5 Å². The van der Waals surface area contributed by atoms with Crippen LogP contribution in [-0.2, 0) is 13.0 Å². The Kier molecular flexibility index (Phi) is 4.73. The van der Waals surface area contributed by atoms with Crippen molar-refractivity contribution in [1.82, 2.24) is 0 Å². The van der Waals surface area contributed by atoms with Gasteiger partial charge in [-0.25, -0.2) is 0 Å². The van der Waals surface area contributed by atoms with Crippen molar-refractivity contribution in [3.63, 3.8) is 0 Å². The molecular formula is C15H18N4O2. The molecule has 0 radical (unpaired) electrons. The first-order chi connectivity index (χ1) is 10.1. The zero-order valence-corrected chi connectivity index (χ0v) is 11.8. The molecule has 4 N–H and O–H groups in total. The van der Waals surface area contributed by atoms with Crippen molar-refractivity contribution in [1.29, 1.82) is 0 Å². The normalized spacial score (nSPS) is 10.2. The summed E-state index contributed by atoms with van der Waals surface area (Å²) in [4.78, 5) is 10.4. The highest BCUT2D eigenvalue weighted by Gasteiger charge is 2.09. The summed E-state index contributed by atoms with van der Waals surface area (Å²) in [6, 6.07) is 12.9. The number of nitro benzene ring substituents is 1. The van der Waals surface area contributed by atoms with Gasteiger partial charge in [-0.05, 0) is 23.6 Å². The number of nitro groups is 1. The number of aryl methyl sites for hydroxylation is 1. The molecule has 0 aliphatic heterocycles. The van der Waals surface area contributed by atoms with Crippen LogP contribution in [0, 0.1) is 10.1 Å². The number of nitrogen functional groups attached to an aromatic ring is 1. The van der Waals surface area contributed by atoms with Crippen LogP contribution in [0.3, 0.4) is 0 Å². The molecule has 0 saturated carbocycles. The Morgan fingerprint density at radius 2 is 1.71 bits per heavy atom. The first kappa shape index (κ1) is 14.8. The minimum Gasteiger partial charge on any atom is -0.381 e. The third kappa shape index (κ3) is 3.93. The first-order valence-corrected chi connectivity index (χ1v) is 6.70. The smallest absolute Gasteiger partial charge is 0.273 e. The molecule has 0 heterocycles. The lowest BCUT2D eigenvalue weighted by Crippen LogP contribution is -2.08. The fourth-order valence-electron chi connectivity index (χ4n) is 2.00. The van der Waals surface area contributed by atoms with E-state index < -0.39 is 4.92 Å². The van der Waals surface area contributed by atoms with E-state index in [9.17, 15) is 10.1 Å². The highest BCUT2D eigenvalue weighted by molar-refractivity contribution is 5.63. The van der Waals surface area contributed by atoms with E-state index in [2.05, 4.69) is 29.8 Å². The maximum Gasteiger partial charge on any atom is 0.273 e. The summed E-state index contributed by atoms with van der Waals surface area (Å²) in [5.74, 6) is 5.33. The summed E-state index contributed by atoms with van der Waals surface area (Å²) >= 11 is 0. The molecule has 110 valence electrons. The van der Waals surface area contributed by atoms with E-state index in [0.29, 0.717) is 17.9 Å². The number of hydrogen-bond acceptors (Lipinski definition) is 5. The molecule has 0 saturated heterocycles. The van der Waals surface area contributed by atoms with Gasteiger partial charge in [-0.3, -0.25) is 16.0 Å². The molecule has 2 aromatic rings. The van der Waals surface area contributed by atoms with E-state index in [1.54, 1.807) is 6.07 Å². The molecule has 0 fully saturated rings. The Labute approximate surface area is 123 Å². The van der Waals surface area contributed by atoms with Crippen molar-refractivity contribution >= 4 is 17.1 Å². The molecule has 6 nitrogen and oxygen atoms in total. The Bertz CT molecular complexity index is 626. The lowest BCUT2D eigenvalue weighted by Gasteiger charge is -2.09. The Balaban J connectivity index is 2.11. The average molecular weight is 286 g/mol. The first-order valence-electron chi connectivity index (χ1n) is 6.70. The zero-order chi connectivity index (χ0) is 15.2. The largest absolute Gasteiger partial charge is 0.381 e. The number of nitrogens with one attached hydrogen (secondary N) is 2. The van der Waals surface area contributed by atoms with Gasteiger partial charge in [0.1, 0.15) is 0 Å². The Morgan fingerprint density at radius 3 is 2.29 bits per heavy atom. The molecule has 0 amide bonds. The highest BCUT2D eigenvalue weighted by atomic mass is 16.6. The standard InChI is InChI=1S/C15H18N4O2/c1-2-11-3-5-12(6-4-11)10-17-13-7-14(18-16)9-15(8-13)19(20)21/h3-9,17-18H,2,10,16H2,1H3. The molecule has 0 spiro atoms. The summed E-state index contributed by atoms with van der Waals surface area (Å²) in [5.41, 5.74) is 5.96. The Hall–Kier alpha value is -2.60. The second-order valence-electron chi connectivity index (χ2n) is 4.69. The summed E-state index contributed by atoms with van der Waals surface area (Å²) in [5, 5.41) is 14.0. The minimum absolute atomic E-state index is 0.00530. The van der Waals surface area contributed by atoms with Gasteiger partial charge < -0.3 is 10.7 Å². The predicted octanol–water partition coefficient (Wildman–Crippen LogP) is 3.05. The second kappa shape index (κ2) is 6.71. The fourth-order valence-corrected chi connectivity index (χ4v) is 2.00. The number of hydrogen-bond donors (Lipinski definition) is 3. The maximum atomic E-state index is 10.9. The van der Waals surface area contributed by atoms with Crippen molar-refractivity contribution in [2.75, 3.05) is 10.7 Å². The van der Waals surface area contributed by atoms with Gasteiger partial charge in [0.15, 0.2) is 0 Å². The predicted molar refractivity (Wildman–Crippen MR) is 84.1 cm³/mol. The van der Waals surface area contributed by atoms with E-state index in [-0.39, 0.29) is 5.69 Å². The number of benzene rings is 2. The molecule has 21 heavy (non-hydrogen) atoms. The third-order valence-corrected chi connectivity index (χ3v) is 3.22. The van der Waals surface area contributed by atoms with E-state index >= 15 is 0 Å². The van der Waals surface area contributed by atoms with Crippen LogP contribution in [0.1, 0.15) is 18.1 Å². The number of anilines is 2. The summed E-state index contributed by atoms with van der Waals surface area (Å²) in [7, 11) is 0. The quantitative estimate of drug-likeness (QED) is 0.431. The van der Waals surface area contributed by atoms with Gasteiger partial charge in [0.2, 0.25) is 0 Å². The van der Waals surface area contributed by atoms with Gasteiger partial charge in [-0.15, -0.1) is 0 Å². The van der Waals surface area contributed by atoms with Crippen LogP contribution in [0.2, 0.25) is 0 Å². The molecule has 2 aromatic carbocycles. The second-order valence-corrected chi connectivity index (χ2v) is 4.69. The van der Waals surface area contributed by atoms with Crippen molar-refractivity contribution in [2.24, 2.45) is 5.84 Å². The van der Waals surface area contributed by atoms with Crippen LogP contribution < -0.4 is 16.6 Å². The number of hydrazine groups is 1. The number of nitrogens with two attached hydrogens (primary N) is 1. The van der Waals surface area contributed by atoms with Crippen LogP contribution in [-0.4, -0.2) is 4.92 Å². The van der Waals surface area contributed by atoms with Crippen molar-refractivity contribution in [3.8, 4) is 0 Å². The zero-order valence-electron chi connectivity index (χ0n) is 11.8. The summed E-state index contributed by atoms with van der Waals surface area (Å²) < 4.78 is 0. The lowest BCUT2D eigenvalue weighted by molar-refractivity contribution is -0.384. The van der Waals surface area contributed by atoms with Crippen LogP contribution >= 0.6 is 0 Å². The van der Waals surface area contributed by atoms with E-state index in [0.717, 1.165) is 12.0 Å². The number of rotatable bonds is 6. The summed E-state index contributed by atoms with van der Waals surface area (Å²) in [6.07, 6.45) is 1.00. The van der Waals surface area contributed by atoms with Gasteiger partial charge in [0.05, 0.1) is 10.6 Å². The SMILES string of the molecule is CCc1ccc(CNc2cc(NN)cc([N+](=O)[O-])c2)cc1. The average Bonchev–Trinajstić information content (AvgIpc) is 2.53. The molecule has 0 aromatic heterocycles. The molecule has 0 bridgehead atoms. The van der Waals surface area contributed by atoms with Gasteiger partial charge in [-0.2, -0.15) is 0 Å². The number of nitrogens with zero attached hydrogens (tertiary/aromatic N) is 1. The van der Waals surface area contributed by atoms with Crippen LogP contribution in [0.4, 0.5) is 17.1 Å². The number of non-ortho nitro benzene ring substituents is 1. The van der Waals surface area contributed by atoms with Crippen LogP contribution in [0.5, 0.6) is 0 Å². The molecule has 0 aliphatic rings. The van der Waals surface area contributed by atoms with Gasteiger partial charge in [0, 0.05) is 24.4 Å². The molecule has 0 unspecified atom stereocenters. The topological polar surface area (TPSA) is 93.2 Å². The lowest BCUT2D eigenvalue weighted by atomic mass is 10.1. The highest BCUT2D eigenvalue weighted by Crippen LogP contribution is 2.24. The third-order valence-electron chi connectivity index (χ3n) is 3.22. The van der Waals surface area contributed by atoms with E-state index in [1.165, 1.54) is 17.7 Å². The van der Waals surface area contributed by atoms with Gasteiger partial charge >= 0.3 is 0 Å². The van der Waals surface area contributed by atoms with Crippen molar-refractivity contribution < 1.29 is 4.92 Å². The minimum atomic E-state index is -0.442. The van der Waals surface area contributed by atoms with E-state index in [4.69, 9.17) is 5.84 Å². The molecule has 0 atom stereocenters. The van der Waals surface area contributed by atoms with Crippen molar-refractivity contribution in [3.05, 3.63) is 63.7 Å². The van der Waals surface area contributed by atoms with E-state index in [1.807, 2.05) is 12.1 Å². The maximum absolute atomic E-state index is 10.9. The van der Waals surface area contributed by atoms with Gasteiger partial charge in [-0.1, -0.05) is 31.2 Å². The fraction of sp³-hybridized carbons (Fsp3) is 0.200.